The molecule has 1 aliphatic rings. The predicted molar refractivity (Wildman–Crippen MR) is 118 cm³/mol. The molecular weight excluding hydrogens is 400 g/mol. The summed E-state index contributed by atoms with van der Waals surface area (Å²) in [5.74, 6) is 0.837. The van der Waals surface area contributed by atoms with Gasteiger partial charge in [0.1, 0.15) is 5.82 Å². The van der Waals surface area contributed by atoms with Gasteiger partial charge in [-0.1, -0.05) is 41.4 Å². The highest BCUT2D eigenvalue weighted by atomic mass is 35.5. The van der Waals surface area contributed by atoms with Gasteiger partial charge < -0.3 is 4.90 Å². The average molecular weight is 423 g/mol. The number of hydrogen-bond donors (Lipinski definition) is 1. The number of amides is 1. The van der Waals surface area contributed by atoms with Crippen LogP contribution in [0.25, 0.3) is 11.8 Å². The van der Waals surface area contributed by atoms with E-state index in [0.29, 0.717) is 18.1 Å². The van der Waals surface area contributed by atoms with Gasteiger partial charge >= 0.3 is 5.69 Å². The Morgan fingerprint density at radius 2 is 1.77 bits per heavy atom. The zero-order chi connectivity index (χ0) is 21.1. The van der Waals surface area contributed by atoms with E-state index in [0.717, 1.165) is 35.5 Å². The van der Waals surface area contributed by atoms with Crippen molar-refractivity contribution in [1.82, 2.24) is 19.7 Å². The van der Waals surface area contributed by atoms with Crippen LogP contribution in [0.5, 0.6) is 0 Å². The number of nitrogens with one attached hydrogen (secondary N) is 1. The fourth-order valence-corrected chi connectivity index (χ4v) is 3.86. The number of benzene rings is 2. The molecule has 7 heteroatoms. The van der Waals surface area contributed by atoms with Gasteiger partial charge in [0.2, 0.25) is 5.91 Å². The summed E-state index contributed by atoms with van der Waals surface area (Å²) < 4.78 is 1.64. The van der Waals surface area contributed by atoms with Crippen LogP contribution < -0.4 is 5.69 Å². The van der Waals surface area contributed by atoms with Gasteiger partial charge in [-0.25, -0.2) is 14.5 Å². The number of aryl methyl sites for hydroxylation is 1. The lowest BCUT2D eigenvalue weighted by Crippen LogP contribution is -2.37. The molecule has 2 heterocycles. The summed E-state index contributed by atoms with van der Waals surface area (Å²) in [6.07, 6.45) is 4.92. The van der Waals surface area contributed by atoms with Crippen LogP contribution in [0.3, 0.4) is 0 Å². The molecule has 0 saturated carbocycles. The third-order valence-corrected chi connectivity index (χ3v) is 5.70. The molecule has 0 bridgehead atoms. The predicted octanol–water partition coefficient (Wildman–Crippen LogP) is 3.94. The Morgan fingerprint density at radius 3 is 2.43 bits per heavy atom. The van der Waals surface area contributed by atoms with Gasteiger partial charge in [0.05, 0.1) is 5.69 Å². The topological polar surface area (TPSA) is 71.0 Å². The number of carbonyl (C=O) groups excluding carboxylic acids is 1. The van der Waals surface area contributed by atoms with Crippen LogP contribution in [0.1, 0.15) is 35.7 Å². The number of piperidine rings is 1. The smallest absolute Gasteiger partial charge is 0.339 e. The molecular formula is C23H23ClN4O2. The Kier molecular flexibility index (Phi) is 5.86. The molecule has 1 N–H and O–H groups in total. The number of likely N-dealkylation sites (tertiary alicyclic amines) is 1. The fraction of sp³-hybridized carbons (Fsp3) is 0.261. The zero-order valence-electron chi connectivity index (χ0n) is 16.7. The van der Waals surface area contributed by atoms with Crippen molar-refractivity contribution in [2.75, 3.05) is 13.1 Å². The van der Waals surface area contributed by atoms with Crippen molar-refractivity contribution in [1.29, 1.82) is 0 Å². The van der Waals surface area contributed by atoms with E-state index in [9.17, 15) is 9.59 Å². The number of H-pyrrole nitrogens is 1. The molecule has 2 aromatic carbocycles. The highest BCUT2D eigenvalue weighted by Crippen LogP contribution is 2.27. The number of aromatic amines is 1. The highest BCUT2D eigenvalue weighted by molar-refractivity contribution is 6.30. The molecule has 30 heavy (non-hydrogen) atoms. The van der Waals surface area contributed by atoms with E-state index in [4.69, 9.17) is 11.6 Å². The van der Waals surface area contributed by atoms with Crippen molar-refractivity contribution in [3.05, 3.63) is 87.1 Å². The quantitative estimate of drug-likeness (QED) is 0.647. The van der Waals surface area contributed by atoms with E-state index in [-0.39, 0.29) is 17.5 Å². The molecule has 1 aliphatic heterocycles. The van der Waals surface area contributed by atoms with Crippen molar-refractivity contribution < 1.29 is 4.79 Å². The van der Waals surface area contributed by atoms with Crippen LogP contribution in [0.15, 0.2) is 59.4 Å². The van der Waals surface area contributed by atoms with Crippen LogP contribution in [-0.4, -0.2) is 38.7 Å². The first kappa shape index (κ1) is 20.2. The van der Waals surface area contributed by atoms with E-state index in [1.807, 2.05) is 48.2 Å². The first-order chi connectivity index (χ1) is 14.5. The van der Waals surface area contributed by atoms with Gasteiger partial charge in [-0.05, 0) is 55.7 Å². The van der Waals surface area contributed by atoms with Gasteiger partial charge in [0.15, 0.2) is 0 Å². The van der Waals surface area contributed by atoms with E-state index in [2.05, 4.69) is 10.2 Å². The third-order valence-electron chi connectivity index (χ3n) is 5.45. The average Bonchev–Trinajstić information content (AvgIpc) is 3.15. The lowest BCUT2D eigenvalue weighted by molar-refractivity contribution is -0.127. The number of aromatic nitrogens is 3. The summed E-state index contributed by atoms with van der Waals surface area (Å²) in [7, 11) is 0. The standard InChI is InChI=1S/C23H23ClN4O2/c1-16-2-9-20(10-3-16)28-22(25-26-23(28)30)18-12-14-27(15-13-18)21(29)11-6-17-4-7-19(24)8-5-17/h2-11,18H,12-15H2,1H3,(H,26,30). The van der Waals surface area contributed by atoms with Gasteiger partial charge in [0, 0.05) is 30.1 Å². The minimum Gasteiger partial charge on any atom is -0.339 e. The highest BCUT2D eigenvalue weighted by Gasteiger charge is 2.27. The Morgan fingerprint density at radius 1 is 1.10 bits per heavy atom. The lowest BCUT2D eigenvalue weighted by atomic mass is 9.95. The number of halogens is 1. The van der Waals surface area contributed by atoms with Crippen LogP contribution >= 0.6 is 11.6 Å². The summed E-state index contributed by atoms with van der Waals surface area (Å²) >= 11 is 5.89. The minimum absolute atomic E-state index is 0.0126. The zero-order valence-corrected chi connectivity index (χ0v) is 17.5. The Hall–Kier alpha value is -3.12. The molecule has 154 valence electrons. The van der Waals surface area contributed by atoms with Crippen LogP contribution in [0.2, 0.25) is 5.02 Å². The fourth-order valence-electron chi connectivity index (χ4n) is 3.73. The molecule has 6 nitrogen and oxygen atoms in total. The molecule has 0 radical (unpaired) electrons. The monoisotopic (exact) mass is 422 g/mol. The molecule has 0 spiro atoms. The van der Waals surface area contributed by atoms with Crippen molar-refractivity contribution in [3.63, 3.8) is 0 Å². The second-order valence-electron chi connectivity index (χ2n) is 7.54. The van der Waals surface area contributed by atoms with E-state index in [1.54, 1.807) is 28.9 Å². The van der Waals surface area contributed by atoms with Gasteiger partial charge in [0.25, 0.3) is 0 Å². The van der Waals surface area contributed by atoms with E-state index in [1.165, 1.54) is 0 Å². The van der Waals surface area contributed by atoms with Crippen molar-refractivity contribution in [2.45, 2.75) is 25.7 Å². The Balaban J connectivity index is 1.43. The van der Waals surface area contributed by atoms with Crippen molar-refractivity contribution >= 4 is 23.6 Å². The van der Waals surface area contributed by atoms with Crippen molar-refractivity contribution in [2.24, 2.45) is 0 Å². The van der Waals surface area contributed by atoms with E-state index >= 15 is 0 Å². The number of nitrogens with zero attached hydrogens (tertiary/aromatic N) is 3. The van der Waals surface area contributed by atoms with Crippen LogP contribution in [-0.2, 0) is 4.79 Å². The SMILES string of the molecule is Cc1ccc(-n2c(C3CCN(C(=O)C=Cc4ccc(Cl)cc4)CC3)n[nH]c2=O)cc1. The molecule has 0 atom stereocenters. The largest absolute Gasteiger partial charge is 0.347 e. The Bertz CT molecular complexity index is 1110. The maximum absolute atomic E-state index is 12.5. The number of hydrogen-bond acceptors (Lipinski definition) is 3. The van der Waals surface area contributed by atoms with Crippen LogP contribution in [0.4, 0.5) is 0 Å². The molecule has 1 fully saturated rings. The maximum atomic E-state index is 12.5. The van der Waals surface area contributed by atoms with Gasteiger partial charge in [-0.3, -0.25) is 4.79 Å². The van der Waals surface area contributed by atoms with Gasteiger partial charge in [-0.15, -0.1) is 0 Å². The Labute approximate surface area is 179 Å². The minimum atomic E-state index is -0.238. The molecule has 3 aromatic rings. The summed E-state index contributed by atoms with van der Waals surface area (Å²) in [5, 5.41) is 7.54. The number of rotatable bonds is 4. The third kappa shape index (κ3) is 4.39. The first-order valence-corrected chi connectivity index (χ1v) is 10.4. The normalized spacial score (nSPS) is 15.1. The first-order valence-electron chi connectivity index (χ1n) is 9.98. The summed E-state index contributed by atoms with van der Waals surface area (Å²) in [4.78, 5) is 26.7. The summed E-state index contributed by atoms with van der Waals surface area (Å²) in [6, 6.07) is 15.2. The summed E-state index contributed by atoms with van der Waals surface area (Å²) in [5.41, 5.74) is 2.63. The molecule has 1 saturated heterocycles. The number of carbonyl (C=O) groups is 1. The second-order valence-corrected chi connectivity index (χ2v) is 7.98. The molecule has 0 aliphatic carbocycles. The van der Waals surface area contributed by atoms with Gasteiger partial charge in [-0.2, -0.15) is 5.10 Å². The maximum Gasteiger partial charge on any atom is 0.347 e. The van der Waals surface area contributed by atoms with Crippen LogP contribution in [0, 0.1) is 6.92 Å². The molecule has 4 rings (SSSR count). The van der Waals surface area contributed by atoms with E-state index < -0.39 is 0 Å². The second kappa shape index (κ2) is 8.71. The summed E-state index contributed by atoms with van der Waals surface area (Å²) in [6.45, 7) is 3.27. The van der Waals surface area contributed by atoms with Crippen molar-refractivity contribution in [3.8, 4) is 5.69 Å². The molecule has 1 aromatic heterocycles. The molecule has 0 unspecified atom stereocenters. The lowest BCUT2D eigenvalue weighted by Gasteiger charge is -2.30. The molecule has 1 amide bonds.